The summed E-state index contributed by atoms with van der Waals surface area (Å²) in [5.41, 5.74) is 1.21. The lowest BCUT2D eigenvalue weighted by Gasteiger charge is -2.12. The van der Waals surface area contributed by atoms with Crippen LogP contribution in [-0.2, 0) is 6.42 Å². The summed E-state index contributed by atoms with van der Waals surface area (Å²) in [5, 5.41) is 6.53. The number of hydrogen-bond acceptors (Lipinski definition) is 2. The molecule has 0 heterocycles. The second-order valence-corrected chi connectivity index (χ2v) is 3.99. The number of hydrogen-bond donors (Lipinski definition) is 2. The minimum absolute atomic E-state index is 0. The van der Waals surface area contributed by atoms with Gasteiger partial charge in [0.25, 0.3) is 0 Å². The average Bonchev–Trinajstić information content (AvgIpc) is 2.43. The molecular formula is C14H24IN3O. The minimum Gasteiger partial charge on any atom is -0.496 e. The van der Waals surface area contributed by atoms with Crippen LogP contribution in [-0.4, -0.2) is 33.2 Å². The Labute approximate surface area is 133 Å². The number of guanidine groups is 1. The summed E-state index contributed by atoms with van der Waals surface area (Å²) in [4.78, 5) is 4.16. The number of para-hydroxylation sites is 1. The van der Waals surface area contributed by atoms with E-state index < -0.39 is 0 Å². The molecule has 1 aromatic rings. The van der Waals surface area contributed by atoms with E-state index in [1.54, 1.807) is 14.2 Å². The van der Waals surface area contributed by atoms with E-state index in [0.29, 0.717) is 0 Å². The van der Waals surface area contributed by atoms with Crippen LogP contribution in [0, 0.1) is 0 Å². The van der Waals surface area contributed by atoms with Crippen molar-refractivity contribution in [2.24, 2.45) is 4.99 Å². The number of rotatable bonds is 6. The lowest BCUT2D eigenvalue weighted by Crippen LogP contribution is -2.38. The molecule has 4 nitrogen and oxygen atoms in total. The molecule has 0 aromatic heterocycles. The monoisotopic (exact) mass is 377 g/mol. The summed E-state index contributed by atoms with van der Waals surface area (Å²) in [7, 11) is 3.49. The van der Waals surface area contributed by atoms with Crippen LogP contribution in [0.5, 0.6) is 5.75 Å². The first kappa shape index (κ1) is 18.0. The maximum atomic E-state index is 5.32. The van der Waals surface area contributed by atoms with Crippen LogP contribution >= 0.6 is 24.0 Å². The molecule has 1 rings (SSSR count). The van der Waals surface area contributed by atoms with E-state index in [1.807, 2.05) is 18.2 Å². The normalized spacial score (nSPS) is 10.6. The van der Waals surface area contributed by atoms with Gasteiger partial charge in [0, 0.05) is 20.1 Å². The van der Waals surface area contributed by atoms with Crippen molar-refractivity contribution >= 4 is 29.9 Å². The van der Waals surface area contributed by atoms with Crippen LogP contribution in [0.3, 0.4) is 0 Å². The van der Waals surface area contributed by atoms with Gasteiger partial charge >= 0.3 is 0 Å². The van der Waals surface area contributed by atoms with Gasteiger partial charge in [-0.15, -0.1) is 24.0 Å². The maximum Gasteiger partial charge on any atom is 0.190 e. The molecule has 0 atom stereocenters. The van der Waals surface area contributed by atoms with Crippen LogP contribution in [0.2, 0.25) is 0 Å². The van der Waals surface area contributed by atoms with E-state index in [4.69, 9.17) is 4.74 Å². The lowest BCUT2D eigenvalue weighted by atomic mass is 10.1. The van der Waals surface area contributed by atoms with E-state index >= 15 is 0 Å². The molecule has 0 aliphatic carbocycles. The SMILES string of the molecule is CCCNC(=NC)NCCc1ccccc1OC.I. The number of methoxy groups -OCH3 is 1. The Balaban J connectivity index is 0.00000324. The van der Waals surface area contributed by atoms with Crippen LogP contribution in [0.1, 0.15) is 18.9 Å². The highest BCUT2D eigenvalue weighted by Gasteiger charge is 2.01. The Morgan fingerprint density at radius 2 is 1.89 bits per heavy atom. The number of benzene rings is 1. The lowest BCUT2D eigenvalue weighted by molar-refractivity contribution is 0.409. The first-order valence-electron chi connectivity index (χ1n) is 6.38. The zero-order valence-electron chi connectivity index (χ0n) is 11.9. The molecule has 5 heteroatoms. The van der Waals surface area contributed by atoms with Crippen molar-refractivity contribution in [1.82, 2.24) is 10.6 Å². The van der Waals surface area contributed by atoms with Crippen LogP contribution in [0.25, 0.3) is 0 Å². The second kappa shape index (κ2) is 10.9. The van der Waals surface area contributed by atoms with Crippen molar-refractivity contribution in [1.29, 1.82) is 0 Å². The van der Waals surface area contributed by atoms with Crippen molar-refractivity contribution in [3.05, 3.63) is 29.8 Å². The summed E-state index contributed by atoms with van der Waals surface area (Å²) < 4.78 is 5.32. The summed E-state index contributed by atoms with van der Waals surface area (Å²) >= 11 is 0. The topological polar surface area (TPSA) is 45.7 Å². The Morgan fingerprint density at radius 3 is 2.53 bits per heavy atom. The first-order valence-corrected chi connectivity index (χ1v) is 6.38. The quantitative estimate of drug-likeness (QED) is 0.455. The molecule has 0 saturated heterocycles. The maximum absolute atomic E-state index is 5.32. The smallest absolute Gasteiger partial charge is 0.190 e. The van der Waals surface area contributed by atoms with Gasteiger partial charge in [-0.25, -0.2) is 0 Å². The average molecular weight is 377 g/mol. The van der Waals surface area contributed by atoms with Crippen LogP contribution < -0.4 is 15.4 Å². The van der Waals surface area contributed by atoms with Crippen molar-refractivity contribution in [3.63, 3.8) is 0 Å². The highest BCUT2D eigenvalue weighted by molar-refractivity contribution is 14.0. The standard InChI is InChI=1S/C14H23N3O.HI/c1-4-10-16-14(15-2)17-11-9-12-7-5-6-8-13(12)18-3;/h5-8H,4,9-11H2,1-3H3,(H2,15,16,17);1H. The highest BCUT2D eigenvalue weighted by atomic mass is 127. The summed E-state index contributed by atoms with van der Waals surface area (Å²) in [5.74, 6) is 1.79. The van der Waals surface area contributed by atoms with Gasteiger partial charge in [-0.2, -0.15) is 0 Å². The van der Waals surface area contributed by atoms with E-state index in [1.165, 1.54) is 5.56 Å². The molecule has 0 aliphatic rings. The van der Waals surface area contributed by atoms with Crippen molar-refractivity contribution < 1.29 is 4.74 Å². The second-order valence-electron chi connectivity index (χ2n) is 3.99. The van der Waals surface area contributed by atoms with Gasteiger partial charge in [0.15, 0.2) is 5.96 Å². The summed E-state index contributed by atoms with van der Waals surface area (Å²) in [6.07, 6.45) is 2.00. The van der Waals surface area contributed by atoms with Crippen molar-refractivity contribution in [2.45, 2.75) is 19.8 Å². The molecule has 0 saturated carbocycles. The number of nitrogens with one attached hydrogen (secondary N) is 2. The van der Waals surface area contributed by atoms with Crippen LogP contribution in [0.15, 0.2) is 29.3 Å². The molecule has 108 valence electrons. The molecule has 19 heavy (non-hydrogen) atoms. The van der Waals surface area contributed by atoms with E-state index in [2.05, 4.69) is 28.6 Å². The zero-order chi connectivity index (χ0) is 13.2. The molecule has 0 amide bonds. The molecule has 0 unspecified atom stereocenters. The van der Waals surface area contributed by atoms with Crippen LogP contribution in [0.4, 0.5) is 0 Å². The fraction of sp³-hybridized carbons (Fsp3) is 0.500. The van der Waals surface area contributed by atoms with Crippen molar-refractivity contribution in [3.8, 4) is 5.75 Å². The minimum atomic E-state index is 0. The largest absolute Gasteiger partial charge is 0.496 e. The fourth-order valence-electron chi connectivity index (χ4n) is 1.69. The summed E-state index contributed by atoms with van der Waals surface area (Å²) in [6, 6.07) is 8.09. The van der Waals surface area contributed by atoms with Gasteiger partial charge in [-0.05, 0) is 24.5 Å². The predicted molar refractivity (Wildman–Crippen MR) is 91.8 cm³/mol. The Bertz CT molecular complexity index is 383. The first-order chi connectivity index (χ1) is 8.81. The van der Waals surface area contributed by atoms with Crippen molar-refractivity contribution in [2.75, 3.05) is 27.2 Å². The number of halogens is 1. The third-order valence-electron chi connectivity index (χ3n) is 2.65. The van der Waals surface area contributed by atoms with Gasteiger partial charge in [0.05, 0.1) is 7.11 Å². The fourth-order valence-corrected chi connectivity index (χ4v) is 1.69. The van der Waals surface area contributed by atoms with E-state index in [9.17, 15) is 0 Å². The Kier molecular flexibility index (Phi) is 10.3. The molecule has 0 bridgehead atoms. The molecule has 0 spiro atoms. The number of ether oxygens (including phenoxy) is 1. The Hall–Kier alpha value is -0.980. The van der Waals surface area contributed by atoms with Gasteiger partial charge < -0.3 is 15.4 Å². The van der Waals surface area contributed by atoms with Gasteiger partial charge in [-0.3, -0.25) is 4.99 Å². The molecule has 0 fully saturated rings. The molecular weight excluding hydrogens is 353 g/mol. The van der Waals surface area contributed by atoms with Gasteiger partial charge in [-0.1, -0.05) is 25.1 Å². The molecule has 2 N–H and O–H groups in total. The molecule has 0 aliphatic heterocycles. The van der Waals surface area contributed by atoms with E-state index in [-0.39, 0.29) is 24.0 Å². The summed E-state index contributed by atoms with van der Waals surface area (Å²) in [6.45, 7) is 3.91. The Morgan fingerprint density at radius 1 is 1.21 bits per heavy atom. The van der Waals surface area contributed by atoms with Gasteiger partial charge in [0.2, 0.25) is 0 Å². The third kappa shape index (κ3) is 6.66. The highest BCUT2D eigenvalue weighted by Crippen LogP contribution is 2.17. The predicted octanol–water partition coefficient (Wildman–Crippen LogP) is 2.43. The zero-order valence-corrected chi connectivity index (χ0v) is 14.2. The van der Waals surface area contributed by atoms with Gasteiger partial charge in [0.1, 0.15) is 5.75 Å². The molecule has 1 aromatic carbocycles. The number of aliphatic imine (C=N–C) groups is 1. The third-order valence-corrected chi connectivity index (χ3v) is 2.65. The number of nitrogens with zero attached hydrogens (tertiary/aromatic N) is 1. The molecule has 0 radical (unpaired) electrons. The van der Waals surface area contributed by atoms with E-state index in [0.717, 1.165) is 37.6 Å².